The zero-order valence-electron chi connectivity index (χ0n) is 40.6. The zero-order valence-corrected chi connectivity index (χ0v) is 41.4. The van der Waals surface area contributed by atoms with Gasteiger partial charge in [-0.2, -0.15) is 0 Å². The van der Waals surface area contributed by atoms with E-state index in [1.807, 2.05) is 87.5 Å². The van der Waals surface area contributed by atoms with Crippen molar-refractivity contribution < 1.29 is 37.4 Å². The molecule has 3 amide bonds. The fourth-order valence-corrected chi connectivity index (χ4v) is 10.9. The number of rotatable bonds is 19. The summed E-state index contributed by atoms with van der Waals surface area (Å²) in [6, 6.07) is 15.8. The van der Waals surface area contributed by atoms with Crippen molar-refractivity contribution in [2.45, 2.75) is 155 Å². The zero-order chi connectivity index (χ0) is 48.9. The molecule has 0 saturated carbocycles. The fourth-order valence-electron chi connectivity index (χ4n) is 10.0. The smallest absolute Gasteiger partial charge is 0.246 e. The molecule has 7 rings (SSSR count). The molecule has 5 atom stereocenters. The van der Waals surface area contributed by atoms with Crippen LogP contribution in [0, 0.1) is 24.0 Å². The van der Waals surface area contributed by atoms with Crippen molar-refractivity contribution in [3.63, 3.8) is 0 Å². The Labute approximate surface area is 403 Å². The Hall–Kier alpha value is -5.05. The molecule has 3 N–H and O–H groups in total. The number of alkyl halides is 1. The third kappa shape index (κ3) is 12.2. The van der Waals surface area contributed by atoms with Gasteiger partial charge in [0.25, 0.3) is 0 Å². The molecule has 0 unspecified atom stereocenters. The maximum Gasteiger partial charge on any atom is 0.246 e. The van der Waals surface area contributed by atoms with Crippen molar-refractivity contribution in [1.82, 2.24) is 25.4 Å². The monoisotopic (exact) mass is 955 g/mol. The normalized spacial score (nSPS) is 20.0. The third-order valence-electron chi connectivity index (χ3n) is 13.5. The number of β-amino-alcohol motifs (C(OH)–C–C–N with tert-alkyl or cyclic N) is 1. The molecule has 68 heavy (non-hydrogen) atoms. The largest absolute Gasteiger partial charge is 0.493 e. The van der Waals surface area contributed by atoms with E-state index in [2.05, 4.69) is 21.7 Å². The average molecular weight is 956 g/mol. The van der Waals surface area contributed by atoms with Crippen LogP contribution in [0.2, 0.25) is 0 Å². The van der Waals surface area contributed by atoms with Crippen LogP contribution >= 0.6 is 11.3 Å². The van der Waals surface area contributed by atoms with Crippen molar-refractivity contribution in [2.24, 2.45) is 5.41 Å². The lowest BCUT2D eigenvalue weighted by atomic mass is 9.84. The molecule has 10 nitrogen and oxygen atoms in total. The summed E-state index contributed by atoms with van der Waals surface area (Å²) in [5.74, 6) is -2.30. The van der Waals surface area contributed by atoms with Gasteiger partial charge in [-0.25, -0.2) is 18.2 Å². The molecule has 3 aromatic carbocycles. The van der Waals surface area contributed by atoms with E-state index in [-0.39, 0.29) is 68.3 Å². The number of halogens is 3. The van der Waals surface area contributed by atoms with Gasteiger partial charge in [0.1, 0.15) is 35.1 Å². The number of carbonyl (C=O) groups excluding carboxylic acids is 3. The highest BCUT2D eigenvalue weighted by Gasteiger charge is 2.45. The van der Waals surface area contributed by atoms with Gasteiger partial charge in [0.05, 0.1) is 34.8 Å². The Morgan fingerprint density at radius 1 is 0.956 bits per heavy atom. The van der Waals surface area contributed by atoms with Gasteiger partial charge in [0, 0.05) is 56.2 Å². The summed E-state index contributed by atoms with van der Waals surface area (Å²) in [6.07, 6.45) is 5.43. The Morgan fingerprint density at radius 2 is 1.63 bits per heavy atom. The highest BCUT2D eigenvalue weighted by Crippen LogP contribution is 2.50. The molecule has 3 heterocycles. The van der Waals surface area contributed by atoms with E-state index in [0.29, 0.717) is 25.7 Å². The second-order valence-corrected chi connectivity index (χ2v) is 21.5. The number of hydrogen-bond acceptors (Lipinski definition) is 8. The van der Waals surface area contributed by atoms with Crippen molar-refractivity contribution >= 4 is 34.6 Å². The molecular weight excluding hydrogens is 888 g/mol. The average Bonchev–Trinajstić information content (AvgIpc) is 4.00. The maximum absolute atomic E-state index is 16.1. The van der Waals surface area contributed by atoms with E-state index in [0.717, 1.165) is 69.7 Å². The quantitative estimate of drug-likeness (QED) is 0.0800. The van der Waals surface area contributed by atoms with Crippen molar-refractivity contribution in [3.8, 4) is 16.2 Å². The summed E-state index contributed by atoms with van der Waals surface area (Å²) in [6.45, 7) is 13.1. The number of unbranched alkanes of at least 4 members (excludes halogenated alkanes) is 5. The van der Waals surface area contributed by atoms with Crippen molar-refractivity contribution in [2.75, 3.05) is 19.7 Å². The molecule has 3 aliphatic rings. The molecule has 0 radical (unpaired) electrons. The Balaban J connectivity index is 0.840. The summed E-state index contributed by atoms with van der Waals surface area (Å²) < 4.78 is 53.2. The van der Waals surface area contributed by atoms with Gasteiger partial charge < -0.3 is 25.4 Å². The summed E-state index contributed by atoms with van der Waals surface area (Å²) in [5, 5.41) is 16.5. The van der Waals surface area contributed by atoms with Gasteiger partial charge in [-0.05, 0) is 92.2 Å². The summed E-state index contributed by atoms with van der Waals surface area (Å²) in [7, 11) is 0. The number of thiazole rings is 1. The minimum Gasteiger partial charge on any atom is -0.493 e. The van der Waals surface area contributed by atoms with Crippen LogP contribution in [0.3, 0.4) is 0 Å². The number of aromatic nitrogens is 1. The first-order valence-corrected chi connectivity index (χ1v) is 25.1. The second kappa shape index (κ2) is 21.7. The summed E-state index contributed by atoms with van der Waals surface area (Å²) in [4.78, 5) is 49.4. The van der Waals surface area contributed by atoms with Gasteiger partial charge in [0.15, 0.2) is 0 Å². The molecule has 1 fully saturated rings. The highest BCUT2D eigenvalue weighted by molar-refractivity contribution is 7.13. The van der Waals surface area contributed by atoms with Crippen molar-refractivity contribution in [3.05, 3.63) is 111 Å². The van der Waals surface area contributed by atoms with E-state index < -0.39 is 52.9 Å². The Bertz CT molecular complexity index is 2440. The number of nitrogens with zero attached hydrogens (tertiary/aromatic N) is 3. The molecule has 0 bridgehead atoms. The number of aliphatic hydroxyl groups excluding tert-OH is 1. The van der Waals surface area contributed by atoms with Gasteiger partial charge in [-0.15, -0.1) is 11.3 Å². The van der Waals surface area contributed by atoms with Crippen LogP contribution in [0.4, 0.5) is 13.2 Å². The summed E-state index contributed by atoms with van der Waals surface area (Å²) in [5.41, 5.74) is 6.69. The van der Waals surface area contributed by atoms with E-state index in [4.69, 9.17) is 4.74 Å². The Kier molecular flexibility index (Phi) is 16.2. The lowest BCUT2D eigenvalue weighted by molar-refractivity contribution is -0.144. The lowest BCUT2D eigenvalue weighted by Gasteiger charge is -2.44. The first kappa shape index (κ1) is 50.8. The number of aliphatic hydroxyl groups is 1. The molecule has 1 aromatic heterocycles. The van der Waals surface area contributed by atoms with Gasteiger partial charge >= 0.3 is 0 Å². The topological polar surface area (TPSA) is 124 Å². The van der Waals surface area contributed by atoms with Crippen LogP contribution in [-0.2, 0) is 27.3 Å². The predicted molar refractivity (Wildman–Crippen MR) is 262 cm³/mol. The van der Waals surface area contributed by atoms with E-state index in [1.54, 1.807) is 11.3 Å². The van der Waals surface area contributed by atoms with Crippen LogP contribution in [0.5, 0.6) is 5.75 Å². The minimum absolute atomic E-state index is 0.00264. The number of fused-ring (bicyclic) bond motifs is 2. The first-order valence-electron chi connectivity index (χ1n) is 24.2. The SMILES string of the molecule is Cc1ncsc1-c1ccc(CNC(=O)[C@@H]2C[C@@H](O)CN2C(=O)[C@@H](NC(=O)CCCCCCCCOc2cc(F)c([C@@H]3C4=C(C[C@@H](C)N3CC(C)(C)F)c3ccccc3C4)c(F)c2)C(C)(C)C)cc1. The number of hydrogen-bond donors (Lipinski definition) is 3. The molecule has 366 valence electrons. The standard InChI is InChI=1S/C54H68F3N5O5S/c1-33-24-41-40-17-14-13-16-37(40)25-42(41)48(62(33)31-54(6,7)57)47-43(55)27-39(28-44(47)56)67-23-15-11-9-8-10-12-18-46(64)60-50(53(3,4)5)52(66)61-30-38(63)26-45(61)51(65)58-29-35-19-21-36(22-20-35)49-34(2)59-32-68-49/h13-14,16-17,19-22,27-28,32-33,38,45,48,50,63H,8-12,15,18,23-26,29-31H2,1-7H3,(H,58,65)(H,60,64)/t33-,38-,45+,48+,50-/m1/s1. The van der Waals surface area contributed by atoms with Gasteiger partial charge in [-0.3, -0.25) is 19.3 Å². The molecular formula is C54H68F3N5O5S. The van der Waals surface area contributed by atoms with Crippen LogP contribution in [0.1, 0.15) is 133 Å². The molecule has 0 spiro atoms. The maximum atomic E-state index is 16.1. The van der Waals surface area contributed by atoms with Crippen LogP contribution in [0.15, 0.2) is 71.7 Å². The predicted octanol–water partition coefficient (Wildman–Crippen LogP) is 10.2. The third-order valence-corrected chi connectivity index (χ3v) is 14.5. The Morgan fingerprint density at radius 3 is 2.29 bits per heavy atom. The van der Waals surface area contributed by atoms with Crippen molar-refractivity contribution in [1.29, 1.82) is 0 Å². The molecule has 1 saturated heterocycles. The lowest BCUT2D eigenvalue weighted by Crippen LogP contribution is -2.57. The van der Waals surface area contributed by atoms with Crippen LogP contribution in [0.25, 0.3) is 16.0 Å². The number of nitrogens with one attached hydrogen (secondary N) is 2. The number of aryl methyl sites for hydroxylation is 1. The highest BCUT2D eigenvalue weighted by atomic mass is 32.1. The summed E-state index contributed by atoms with van der Waals surface area (Å²) >= 11 is 1.57. The number of ether oxygens (including phenoxy) is 1. The number of likely N-dealkylation sites (tertiary alicyclic amines) is 1. The minimum atomic E-state index is -1.57. The van der Waals surface area contributed by atoms with Gasteiger partial charge in [-0.1, -0.05) is 95.0 Å². The molecule has 1 aliphatic carbocycles. The van der Waals surface area contributed by atoms with Crippen LogP contribution in [-0.4, -0.2) is 87.2 Å². The van der Waals surface area contributed by atoms with E-state index in [9.17, 15) is 19.5 Å². The molecule has 4 aromatic rings. The number of carbonyl (C=O) groups is 3. The number of amides is 3. The van der Waals surface area contributed by atoms with Gasteiger partial charge in [0.2, 0.25) is 17.7 Å². The van der Waals surface area contributed by atoms with E-state index >= 15 is 13.2 Å². The first-order chi connectivity index (χ1) is 32.3. The van der Waals surface area contributed by atoms with E-state index in [1.165, 1.54) is 30.9 Å². The number of benzene rings is 3. The second-order valence-electron chi connectivity index (χ2n) is 20.6. The fraction of sp³-hybridized carbons (Fsp3) is 0.519. The molecule has 14 heteroatoms. The van der Waals surface area contributed by atoms with Crippen LogP contribution < -0.4 is 15.4 Å². The molecule has 2 aliphatic heterocycles.